The molecule has 8 rings (SSSR count). The molecule has 2 bridgehead atoms. The number of aromatic nitrogens is 1. The Labute approximate surface area is 333 Å². The predicted octanol–water partition coefficient (Wildman–Crippen LogP) is 9.10. The molecule has 5 aromatic rings. The maximum atomic E-state index is 15.7. The van der Waals surface area contributed by atoms with Crippen molar-refractivity contribution in [3.05, 3.63) is 101 Å². The summed E-state index contributed by atoms with van der Waals surface area (Å²) in [5.41, 5.74) is 3.54. The van der Waals surface area contributed by atoms with Crippen LogP contribution < -0.4 is 14.8 Å². The maximum absolute atomic E-state index is 15.7. The van der Waals surface area contributed by atoms with Gasteiger partial charge in [-0.25, -0.2) is 4.98 Å². The van der Waals surface area contributed by atoms with Crippen LogP contribution in [-0.2, 0) is 23.1 Å². The summed E-state index contributed by atoms with van der Waals surface area (Å²) in [7, 11) is 2.94. The van der Waals surface area contributed by atoms with Crippen molar-refractivity contribution < 1.29 is 39.8 Å². The molecule has 4 atom stereocenters. The molecule has 10 heteroatoms. The van der Waals surface area contributed by atoms with E-state index in [2.05, 4.69) is 17.4 Å². The van der Waals surface area contributed by atoms with Gasteiger partial charge in [0, 0.05) is 23.7 Å². The Hall–Kier alpha value is -5.48. The number of rotatable bonds is 7. The third-order valence-corrected chi connectivity index (χ3v) is 13.6. The van der Waals surface area contributed by atoms with E-state index >= 15 is 4.79 Å². The summed E-state index contributed by atoms with van der Waals surface area (Å²) in [6.07, 6.45) is 9.44. The monoisotopic (exact) mass is 772 g/mol. The lowest BCUT2D eigenvalue weighted by molar-refractivity contribution is -0.134. The number of phenols is 4. The molecule has 1 aromatic heterocycles. The molecule has 2 heterocycles. The molecule has 1 aliphatic heterocycles. The fraction of sp³-hybridized carbons (Fsp3) is 0.404. The standard InChI is InChI=1S/C47H52N2O8/c1-56-41-22-28(6-14-37(41)51)7-15-38(52)44-39(53)24-29(31-25-40(54)45(55)42(26-31)57-2)8-11-35-34-12-10-33(50)23-30(34)9-13-36(35)49-43-27-32(16-21-48-43)47(44)20-5-19-46(47)17-3-4-18-46/h6,9-10,12-14,16,21-23,25-27,29,38,44,50-52,54-55H,3-5,7-8,11,15,17-20,24H2,1-2H3,(H,48,49)/t29-,38+,44+,47+/m0/s1. The van der Waals surface area contributed by atoms with Gasteiger partial charge in [0.1, 0.15) is 17.4 Å². The third-order valence-electron chi connectivity index (χ3n) is 13.6. The van der Waals surface area contributed by atoms with E-state index in [0.717, 1.165) is 78.1 Å². The summed E-state index contributed by atoms with van der Waals surface area (Å²) in [5, 5.41) is 60.4. The lowest BCUT2D eigenvalue weighted by Gasteiger charge is -2.51. The fourth-order valence-electron chi connectivity index (χ4n) is 11.0. The zero-order valence-corrected chi connectivity index (χ0v) is 32.6. The summed E-state index contributed by atoms with van der Waals surface area (Å²) in [6.45, 7) is 0. The SMILES string of the molecule is COc1cc(CC[C@@H](O)[C@@H]2C(=O)C[C@@H](c3cc(O)c(O)c(OC)c3)CCc3c(ccc4cc(O)ccc34)Nc3cc(ccn3)[C@]23CCCC32CCCC2)ccc1O. The summed E-state index contributed by atoms with van der Waals surface area (Å²) < 4.78 is 10.9. The number of ketones is 1. The Morgan fingerprint density at radius 1 is 0.842 bits per heavy atom. The number of anilines is 2. The van der Waals surface area contributed by atoms with Gasteiger partial charge in [0.25, 0.3) is 0 Å². The summed E-state index contributed by atoms with van der Waals surface area (Å²) in [6, 6.07) is 21.9. The third kappa shape index (κ3) is 6.88. The van der Waals surface area contributed by atoms with Crippen LogP contribution in [0.5, 0.6) is 34.5 Å². The molecule has 57 heavy (non-hydrogen) atoms. The number of Topliss-reactive ketones (excluding diaryl/α,β-unsaturated/α-hetero) is 1. The van der Waals surface area contributed by atoms with Gasteiger partial charge >= 0.3 is 0 Å². The highest BCUT2D eigenvalue weighted by atomic mass is 16.5. The molecule has 6 N–H and O–H groups in total. The summed E-state index contributed by atoms with van der Waals surface area (Å²) in [4.78, 5) is 20.5. The first-order valence-electron chi connectivity index (χ1n) is 20.2. The first-order valence-corrected chi connectivity index (χ1v) is 20.2. The number of benzene rings is 4. The van der Waals surface area contributed by atoms with Crippen molar-refractivity contribution >= 4 is 28.1 Å². The van der Waals surface area contributed by atoms with Gasteiger partial charge in [0.2, 0.25) is 5.75 Å². The number of hydrogen-bond acceptors (Lipinski definition) is 10. The Morgan fingerprint density at radius 3 is 2.42 bits per heavy atom. The molecule has 2 aliphatic carbocycles. The van der Waals surface area contributed by atoms with E-state index < -0.39 is 23.4 Å². The van der Waals surface area contributed by atoms with Crippen molar-refractivity contribution in [2.45, 2.75) is 94.5 Å². The Kier molecular flexibility index (Phi) is 10.4. The van der Waals surface area contributed by atoms with Crippen molar-refractivity contribution in [2.24, 2.45) is 11.3 Å². The molecule has 3 aliphatic rings. The van der Waals surface area contributed by atoms with Crippen molar-refractivity contribution in [1.82, 2.24) is 4.98 Å². The minimum Gasteiger partial charge on any atom is -0.508 e. The number of aromatic hydroxyl groups is 4. The first-order chi connectivity index (χ1) is 27.6. The van der Waals surface area contributed by atoms with Crippen molar-refractivity contribution in [3.63, 3.8) is 0 Å². The van der Waals surface area contributed by atoms with Crippen molar-refractivity contribution in [2.75, 3.05) is 19.5 Å². The molecule has 2 saturated carbocycles. The van der Waals surface area contributed by atoms with Crippen LogP contribution in [0.25, 0.3) is 10.8 Å². The average Bonchev–Trinajstić information content (AvgIpc) is 3.84. The molecule has 0 unspecified atom stereocenters. The van der Waals surface area contributed by atoms with Crippen LogP contribution in [0.2, 0.25) is 0 Å². The number of aryl methyl sites for hydroxylation is 2. The normalized spacial score (nSPS) is 22.3. The van der Waals surface area contributed by atoms with Crippen LogP contribution in [-0.4, -0.2) is 56.6 Å². The predicted molar refractivity (Wildman–Crippen MR) is 219 cm³/mol. The average molecular weight is 773 g/mol. The molecule has 298 valence electrons. The Morgan fingerprint density at radius 2 is 1.63 bits per heavy atom. The van der Waals surface area contributed by atoms with Gasteiger partial charge in [-0.2, -0.15) is 0 Å². The van der Waals surface area contributed by atoms with E-state index in [4.69, 9.17) is 14.5 Å². The molecule has 10 nitrogen and oxygen atoms in total. The van der Waals surface area contributed by atoms with Gasteiger partial charge in [-0.05, 0) is 150 Å². The number of nitrogens with zero attached hydrogens (tertiary/aromatic N) is 1. The van der Waals surface area contributed by atoms with Crippen LogP contribution in [0.1, 0.15) is 92.4 Å². The van der Waals surface area contributed by atoms with Gasteiger partial charge in [0.05, 0.1) is 26.2 Å². The molecule has 0 radical (unpaired) electrons. The van der Waals surface area contributed by atoms with Crippen LogP contribution in [0.15, 0.2) is 79.0 Å². The highest BCUT2D eigenvalue weighted by molar-refractivity contribution is 5.92. The van der Waals surface area contributed by atoms with Crippen LogP contribution in [0, 0.1) is 11.3 Å². The number of carbonyl (C=O) groups excluding carboxylic acids is 1. The molecule has 4 aromatic carbocycles. The largest absolute Gasteiger partial charge is 0.508 e. The van der Waals surface area contributed by atoms with Crippen LogP contribution >= 0.6 is 0 Å². The second-order valence-corrected chi connectivity index (χ2v) is 16.5. The minimum absolute atomic E-state index is 0.0378. The number of nitrogens with one attached hydrogen (secondary N) is 1. The number of methoxy groups -OCH3 is 2. The quantitative estimate of drug-likeness (QED) is 0.0881. The van der Waals surface area contributed by atoms with E-state index in [-0.39, 0.29) is 46.4 Å². The highest BCUT2D eigenvalue weighted by Gasteiger charge is 2.62. The Balaban J connectivity index is 1.31. The smallest absolute Gasteiger partial charge is 0.200 e. The second kappa shape index (κ2) is 15.5. The zero-order valence-electron chi connectivity index (χ0n) is 32.6. The van der Waals surface area contributed by atoms with Gasteiger partial charge in [-0.15, -0.1) is 0 Å². The topological polar surface area (TPSA) is 162 Å². The van der Waals surface area contributed by atoms with Gasteiger partial charge < -0.3 is 40.3 Å². The highest BCUT2D eigenvalue weighted by Crippen LogP contribution is 2.66. The molecule has 2 fully saturated rings. The van der Waals surface area contributed by atoms with Gasteiger partial charge in [0.15, 0.2) is 23.0 Å². The summed E-state index contributed by atoms with van der Waals surface area (Å²) in [5.74, 6) is -0.571. The number of fused-ring (bicyclic) bond motifs is 7. The fourth-order valence-corrected chi connectivity index (χ4v) is 11.0. The first kappa shape index (κ1) is 38.4. The number of hydrogen-bond donors (Lipinski definition) is 6. The number of aliphatic hydroxyl groups excluding tert-OH is 1. The lowest BCUT2D eigenvalue weighted by Crippen LogP contribution is -2.53. The van der Waals surface area contributed by atoms with E-state index in [1.807, 2.05) is 30.5 Å². The second-order valence-electron chi connectivity index (χ2n) is 16.5. The van der Waals surface area contributed by atoms with E-state index in [1.54, 1.807) is 30.3 Å². The van der Waals surface area contributed by atoms with E-state index in [9.17, 15) is 25.5 Å². The lowest BCUT2D eigenvalue weighted by atomic mass is 9.52. The maximum Gasteiger partial charge on any atom is 0.200 e. The molecular formula is C47H52N2O8. The zero-order chi connectivity index (χ0) is 39.9. The van der Waals surface area contributed by atoms with E-state index in [1.165, 1.54) is 20.3 Å². The van der Waals surface area contributed by atoms with Crippen molar-refractivity contribution in [1.29, 1.82) is 0 Å². The van der Waals surface area contributed by atoms with Crippen LogP contribution in [0.4, 0.5) is 11.5 Å². The summed E-state index contributed by atoms with van der Waals surface area (Å²) >= 11 is 0. The molecule has 0 saturated heterocycles. The molecule has 0 amide bonds. The number of aliphatic hydroxyl groups is 1. The van der Waals surface area contributed by atoms with Gasteiger partial charge in [-0.1, -0.05) is 37.5 Å². The number of pyridine rings is 1. The van der Waals surface area contributed by atoms with Crippen molar-refractivity contribution in [3.8, 4) is 34.5 Å². The number of phenolic OH excluding ortho intramolecular Hbond substituents is 4. The molecule has 2 spiro atoms. The minimum atomic E-state index is -1.00. The number of carbonyl (C=O) groups is 1. The molecular weight excluding hydrogens is 721 g/mol. The van der Waals surface area contributed by atoms with Gasteiger partial charge in [-0.3, -0.25) is 4.79 Å². The van der Waals surface area contributed by atoms with Crippen LogP contribution in [0.3, 0.4) is 0 Å². The van der Waals surface area contributed by atoms with E-state index in [0.29, 0.717) is 42.8 Å². The number of ether oxygens (including phenoxy) is 2. The Bertz CT molecular complexity index is 2300.